The molecule has 1 aliphatic heterocycles. The largest absolute Gasteiger partial charge is 0.477 e. The van der Waals surface area contributed by atoms with Gasteiger partial charge in [-0.15, -0.1) is 0 Å². The van der Waals surface area contributed by atoms with Crippen molar-refractivity contribution in [2.24, 2.45) is 0 Å². The summed E-state index contributed by atoms with van der Waals surface area (Å²) in [4.78, 5) is 35.7. The number of carboxylic acids is 1. The maximum absolute atomic E-state index is 11.6. The first-order valence-corrected chi connectivity index (χ1v) is 5.21. The van der Waals surface area contributed by atoms with Crippen LogP contribution in [0.25, 0.3) is 0 Å². The molecule has 2 unspecified atom stereocenters. The standard InChI is InChI=1S/C10H12N2O5/c1-5-7(2-3-17-5)12-4-6(9(14)15)8(13)11-10(12)16/h4-5,7H,2-3H2,1H3,(H,14,15)(H,11,13,16). The van der Waals surface area contributed by atoms with Crippen LogP contribution in [0.2, 0.25) is 0 Å². The van der Waals surface area contributed by atoms with Gasteiger partial charge in [0, 0.05) is 12.8 Å². The van der Waals surface area contributed by atoms with Gasteiger partial charge in [-0.05, 0) is 13.3 Å². The van der Waals surface area contributed by atoms with E-state index in [-0.39, 0.29) is 12.1 Å². The van der Waals surface area contributed by atoms with E-state index in [2.05, 4.69) is 0 Å². The number of carbonyl (C=O) groups is 1. The molecule has 2 N–H and O–H groups in total. The van der Waals surface area contributed by atoms with Crippen molar-refractivity contribution in [3.8, 4) is 0 Å². The zero-order chi connectivity index (χ0) is 12.6. The van der Waals surface area contributed by atoms with Crippen LogP contribution in [0.5, 0.6) is 0 Å². The zero-order valence-electron chi connectivity index (χ0n) is 9.17. The number of hydrogen-bond acceptors (Lipinski definition) is 4. The first kappa shape index (κ1) is 11.6. The van der Waals surface area contributed by atoms with Crippen molar-refractivity contribution in [2.45, 2.75) is 25.5 Å². The van der Waals surface area contributed by atoms with E-state index in [0.29, 0.717) is 13.0 Å². The molecule has 1 aliphatic rings. The van der Waals surface area contributed by atoms with Crippen LogP contribution in [0.15, 0.2) is 15.8 Å². The highest BCUT2D eigenvalue weighted by Crippen LogP contribution is 2.23. The highest BCUT2D eigenvalue weighted by Gasteiger charge is 2.27. The molecule has 92 valence electrons. The molecule has 7 nitrogen and oxygen atoms in total. The van der Waals surface area contributed by atoms with Crippen LogP contribution < -0.4 is 11.2 Å². The second-order valence-electron chi connectivity index (χ2n) is 3.95. The van der Waals surface area contributed by atoms with Gasteiger partial charge in [0.05, 0.1) is 12.1 Å². The highest BCUT2D eigenvalue weighted by molar-refractivity contribution is 5.86. The van der Waals surface area contributed by atoms with Crippen molar-refractivity contribution in [1.29, 1.82) is 0 Å². The summed E-state index contributed by atoms with van der Waals surface area (Å²) in [6.45, 7) is 2.31. The number of nitrogens with zero attached hydrogens (tertiary/aromatic N) is 1. The number of aromatic carboxylic acids is 1. The lowest BCUT2D eigenvalue weighted by Crippen LogP contribution is -2.37. The van der Waals surface area contributed by atoms with Gasteiger partial charge in [-0.2, -0.15) is 0 Å². The highest BCUT2D eigenvalue weighted by atomic mass is 16.5. The second-order valence-corrected chi connectivity index (χ2v) is 3.95. The summed E-state index contributed by atoms with van der Waals surface area (Å²) in [6, 6.07) is -0.238. The van der Waals surface area contributed by atoms with E-state index in [1.807, 2.05) is 4.98 Å². The molecular weight excluding hydrogens is 228 g/mol. The van der Waals surface area contributed by atoms with Crippen LogP contribution in [-0.4, -0.2) is 33.3 Å². The minimum atomic E-state index is -1.36. The monoisotopic (exact) mass is 240 g/mol. The first-order valence-electron chi connectivity index (χ1n) is 5.21. The third kappa shape index (κ3) is 2.01. The molecule has 0 bridgehead atoms. The molecule has 0 saturated carbocycles. The predicted molar refractivity (Wildman–Crippen MR) is 57.4 cm³/mol. The van der Waals surface area contributed by atoms with E-state index in [1.54, 1.807) is 6.92 Å². The number of carboxylic acid groups (broad SMARTS) is 1. The van der Waals surface area contributed by atoms with Gasteiger partial charge in [-0.3, -0.25) is 14.3 Å². The topological polar surface area (TPSA) is 101 Å². The van der Waals surface area contributed by atoms with Crippen molar-refractivity contribution in [1.82, 2.24) is 9.55 Å². The SMILES string of the molecule is CC1OCCC1n1cc(C(=O)O)c(=O)[nH]c1=O. The second kappa shape index (κ2) is 4.17. The van der Waals surface area contributed by atoms with E-state index in [9.17, 15) is 14.4 Å². The molecule has 0 aliphatic carbocycles. The molecule has 1 saturated heterocycles. The lowest BCUT2D eigenvalue weighted by atomic mass is 10.1. The average Bonchev–Trinajstić information content (AvgIpc) is 2.64. The Morgan fingerprint density at radius 2 is 2.29 bits per heavy atom. The number of ether oxygens (including phenoxy) is 1. The summed E-state index contributed by atoms with van der Waals surface area (Å²) in [5, 5.41) is 8.82. The van der Waals surface area contributed by atoms with Gasteiger partial charge in [0.2, 0.25) is 0 Å². The maximum atomic E-state index is 11.6. The molecule has 1 aromatic rings. The minimum Gasteiger partial charge on any atom is -0.477 e. The van der Waals surface area contributed by atoms with Gasteiger partial charge in [0.1, 0.15) is 5.56 Å². The summed E-state index contributed by atoms with van der Waals surface area (Å²) in [7, 11) is 0. The van der Waals surface area contributed by atoms with Crippen molar-refractivity contribution in [2.75, 3.05) is 6.61 Å². The van der Waals surface area contributed by atoms with Crippen LogP contribution >= 0.6 is 0 Å². The van der Waals surface area contributed by atoms with Crippen molar-refractivity contribution >= 4 is 5.97 Å². The third-order valence-electron chi connectivity index (χ3n) is 2.89. The van der Waals surface area contributed by atoms with Crippen LogP contribution in [0.4, 0.5) is 0 Å². The summed E-state index contributed by atoms with van der Waals surface area (Å²) in [6.07, 6.45) is 1.52. The van der Waals surface area contributed by atoms with Crippen LogP contribution in [0, 0.1) is 0 Å². The molecule has 2 atom stereocenters. The summed E-state index contributed by atoms with van der Waals surface area (Å²) in [5.41, 5.74) is -1.93. The summed E-state index contributed by atoms with van der Waals surface area (Å²) < 4.78 is 6.53. The first-order chi connectivity index (χ1) is 8.00. The number of aromatic nitrogens is 2. The number of H-pyrrole nitrogens is 1. The molecule has 0 radical (unpaired) electrons. The molecule has 2 heterocycles. The Bertz CT molecular complexity index is 559. The third-order valence-corrected chi connectivity index (χ3v) is 2.89. The lowest BCUT2D eigenvalue weighted by molar-refractivity contribution is 0.0692. The van der Waals surface area contributed by atoms with Crippen LogP contribution in [-0.2, 0) is 4.74 Å². The smallest absolute Gasteiger partial charge is 0.342 e. The van der Waals surface area contributed by atoms with Crippen LogP contribution in [0.3, 0.4) is 0 Å². The molecule has 0 amide bonds. The Labute approximate surface area is 95.7 Å². The predicted octanol–water partition coefficient (Wildman–Crippen LogP) is -0.415. The minimum absolute atomic E-state index is 0.180. The van der Waals surface area contributed by atoms with Gasteiger partial charge >= 0.3 is 11.7 Å². The summed E-state index contributed by atoms with van der Waals surface area (Å²) >= 11 is 0. The Balaban J connectivity index is 2.54. The molecule has 1 aromatic heterocycles. The molecule has 17 heavy (non-hydrogen) atoms. The quantitative estimate of drug-likeness (QED) is 0.731. The Morgan fingerprint density at radius 3 is 2.82 bits per heavy atom. The Morgan fingerprint density at radius 1 is 1.59 bits per heavy atom. The van der Waals surface area contributed by atoms with E-state index in [1.165, 1.54) is 4.57 Å². The maximum Gasteiger partial charge on any atom is 0.342 e. The Kier molecular flexibility index (Phi) is 2.84. The molecule has 1 fully saturated rings. The normalized spacial score (nSPS) is 23.8. The van der Waals surface area contributed by atoms with Crippen LogP contribution in [0.1, 0.15) is 29.7 Å². The Hall–Kier alpha value is -1.89. The fourth-order valence-corrected chi connectivity index (χ4v) is 1.97. The molecule has 0 aromatic carbocycles. The van der Waals surface area contributed by atoms with Crippen molar-refractivity contribution in [3.05, 3.63) is 32.6 Å². The van der Waals surface area contributed by atoms with E-state index in [4.69, 9.17) is 9.84 Å². The van der Waals surface area contributed by atoms with Gasteiger partial charge < -0.3 is 9.84 Å². The van der Waals surface area contributed by atoms with Gasteiger partial charge in [-0.1, -0.05) is 0 Å². The zero-order valence-corrected chi connectivity index (χ0v) is 9.17. The van der Waals surface area contributed by atoms with Gasteiger partial charge in [-0.25, -0.2) is 9.59 Å². The fourth-order valence-electron chi connectivity index (χ4n) is 1.97. The van der Waals surface area contributed by atoms with E-state index in [0.717, 1.165) is 6.20 Å². The lowest BCUT2D eigenvalue weighted by Gasteiger charge is -2.16. The summed E-state index contributed by atoms with van der Waals surface area (Å²) in [5.74, 6) is -1.36. The van der Waals surface area contributed by atoms with Gasteiger partial charge in [0.15, 0.2) is 0 Å². The number of aromatic amines is 1. The molecular formula is C10H12N2O5. The molecule has 0 spiro atoms. The van der Waals surface area contributed by atoms with E-state index < -0.39 is 22.8 Å². The van der Waals surface area contributed by atoms with Crippen molar-refractivity contribution in [3.63, 3.8) is 0 Å². The molecule has 2 rings (SSSR count). The number of rotatable bonds is 2. The number of nitrogens with one attached hydrogen (secondary N) is 1. The van der Waals surface area contributed by atoms with Crippen molar-refractivity contribution < 1.29 is 14.6 Å². The van der Waals surface area contributed by atoms with Gasteiger partial charge in [0.25, 0.3) is 5.56 Å². The molecule has 7 heteroatoms. The fraction of sp³-hybridized carbons (Fsp3) is 0.500. The number of hydrogen-bond donors (Lipinski definition) is 2. The van der Waals surface area contributed by atoms with E-state index >= 15 is 0 Å². The average molecular weight is 240 g/mol.